The molecular formula is C17H18F2N2O. The van der Waals surface area contributed by atoms with Crippen LogP contribution in [-0.2, 0) is 0 Å². The zero-order chi connectivity index (χ0) is 16.1. The standard InChI is InChI=1S/C17H18F2N2O/c1-11(2)10-20-13-4-6-14(7-5-13)21-17(22)12-3-8-15(18)16(19)9-12/h3-9,11,20H,10H2,1-2H3,(H,21,22). The summed E-state index contributed by atoms with van der Waals surface area (Å²) in [6.45, 7) is 5.09. The van der Waals surface area contributed by atoms with Gasteiger partial charge in [-0.25, -0.2) is 8.78 Å². The van der Waals surface area contributed by atoms with Crippen molar-refractivity contribution in [1.82, 2.24) is 0 Å². The van der Waals surface area contributed by atoms with E-state index in [1.54, 1.807) is 12.1 Å². The topological polar surface area (TPSA) is 41.1 Å². The summed E-state index contributed by atoms with van der Waals surface area (Å²) in [5.41, 5.74) is 1.62. The molecule has 22 heavy (non-hydrogen) atoms. The Hall–Kier alpha value is -2.43. The fourth-order valence-corrected chi connectivity index (χ4v) is 1.83. The minimum absolute atomic E-state index is 0.0703. The molecule has 0 aromatic heterocycles. The fourth-order valence-electron chi connectivity index (χ4n) is 1.83. The first kappa shape index (κ1) is 15.9. The second-order valence-corrected chi connectivity index (χ2v) is 5.44. The first-order chi connectivity index (χ1) is 10.5. The molecule has 0 fully saturated rings. The third kappa shape index (κ3) is 4.28. The molecule has 116 valence electrons. The van der Waals surface area contributed by atoms with Gasteiger partial charge in [0.15, 0.2) is 11.6 Å². The van der Waals surface area contributed by atoms with Crippen LogP contribution in [0.5, 0.6) is 0 Å². The van der Waals surface area contributed by atoms with Gasteiger partial charge in [0, 0.05) is 23.5 Å². The fraction of sp³-hybridized carbons (Fsp3) is 0.235. The summed E-state index contributed by atoms with van der Waals surface area (Å²) in [6, 6.07) is 10.3. The molecule has 0 spiro atoms. The second-order valence-electron chi connectivity index (χ2n) is 5.44. The third-order valence-electron chi connectivity index (χ3n) is 3.04. The van der Waals surface area contributed by atoms with Crippen LogP contribution >= 0.6 is 0 Å². The van der Waals surface area contributed by atoms with Crippen molar-refractivity contribution >= 4 is 17.3 Å². The Morgan fingerprint density at radius 2 is 1.64 bits per heavy atom. The molecule has 2 N–H and O–H groups in total. The maximum atomic E-state index is 13.1. The Labute approximate surface area is 128 Å². The summed E-state index contributed by atoms with van der Waals surface area (Å²) in [6.07, 6.45) is 0. The van der Waals surface area contributed by atoms with Crippen molar-refractivity contribution in [2.45, 2.75) is 13.8 Å². The molecule has 0 saturated heterocycles. The number of rotatable bonds is 5. The van der Waals surface area contributed by atoms with E-state index in [0.29, 0.717) is 11.6 Å². The monoisotopic (exact) mass is 304 g/mol. The van der Waals surface area contributed by atoms with Crippen LogP contribution in [0, 0.1) is 17.6 Å². The summed E-state index contributed by atoms with van der Waals surface area (Å²) in [7, 11) is 0. The summed E-state index contributed by atoms with van der Waals surface area (Å²) in [5.74, 6) is -1.97. The third-order valence-corrected chi connectivity index (χ3v) is 3.04. The summed E-state index contributed by atoms with van der Waals surface area (Å²) in [5, 5.41) is 5.91. The zero-order valence-corrected chi connectivity index (χ0v) is 12.5. The van der Waals surface area contributed by atoms with Crippen LogP contribution in [-0.4, -0.2) is 12.5 Å². The van der Waals surface area contributed by atoms with Crippen molar-refractivity contribution in [3.8, 4) is 0 Å². The Morgan fingerprint density at radius 3 is 2.23 bits per heavy atom. The molecule has 0 atom stereocenters. The Balaban J connectivity index is 2.00. The van der Waals surface area contributed by atoms with Crippen LogP contribution in [0.3, 0.4) is 0 Å². The van der Waals surface area contributed by atoms with Crippen molar-refractivity contribution in [2.24, 2.45) is 5.92 Å². The minimum Gasteiger partial charge on any atom is -0.385 e. The highest BCUT2D eigenvalue weighted by molar-refractivity contribution is 6.04. The number of anilines is 2. The van der Waals surface area contributed by atoms with E-state index >= 15 is 0 Å². The number of benzene rings is 2. The van der Waals surface area contributed by atoms with Gasteiger partial charge in [0.2, 0.25) is 0 Å². The maximum absolute atomic E-state index is 13.1. The van der Waals surface area contributed by atoms with Crippen LogP contribution < -0.4 is 10.6 Å². The van der Waals surface area contributed by atoms with Crippen LogP contribution in [0.2, 0.25) is 0 Å². The van der Waals surface area contributed by atoms with Crippen molar-refractivity contribution in [2.75, 3.05) is 17.2 Å². The molecule has 0 aliphatic carbocycles. The van der Waals surface area contributed by atoms with Crippen LogP contribution in [0.15, 0.2) is 42.5 Å². The lowest BCUT2D eigenvalue weighted by atomic mass is 10.2. The van der Waals surface area contributed by atoms with E-state index in [2.05, 4.69) is 24.5 Å². The second kappa shape index (κ2) is 7.02. The highest BCUT2D eigenvalue weighted by atomic mass is 19.2. The number of halogens is 2. The lowest BCUT2D eigenvalue weighted by molar-refractivity contribution is 0.102. The van der Waals surface area contributed by atoms with Gasteiger partial charge in [-0.3, -0.25) is 4.79 Å². The number of hydrogen-bond acceptors (Lipinski definition) is 2. The van der Waals surface area contributed by atoms with Gasteiger partial charge in [0.25, 0.3) is 5.91 Å². The van der Waals surface area contributed by atoms with Gasteiger partial charge in [-0.2, -0.15) is 0 Å². The summed E-state index contributed by atoms with van der Waals surface area (Å²) in [4.78, 5) is 12.0. The number of amides is 1. The van der Waals surface area contributed by atoms with Crippen LogP contribution in [0.25, 0.3) is 0 Å². The molecule has 0 aliphatic heterocycles. The average molecular weight is 304 g/mol. The molecule has 0 radical (unpaired) electrons. The van der Waals surface area contributed by atoms with Gasteiger partial charge in [-0.1, -0.05) is 13.8 Å². The van der Waals surface area contributed by atoms with E-state index < -0.39 is 17.5 Å². The van der Waals surface area contributed by atoms with Crippen molar-refractivity contribution in [3.05, 3.63) is 59.7 Å². The highest BCUT2D eigenvalue weighted by Gasteiger charge is 2.10. The highest BCUT2D eigenvalue weighted by Crippen LogP contribution is 2.16. The predicted molar refractivity (Wildman–Crippen MR) is 84.1 cm³/mol. The molecule has 0 heterocycles. The predicted octanol–water partition coefficient (Wildman–Crippen LogP) is 4.29. The van der Waals surface area contributed by atoms with Crippen molar-refractivity contribution in [1.29, 1.82) is 0 Å². The van der Waals surface area contributed by atoms with Gasteiger partial charge >= 0.3 is 0 Å². The SMILES string of the molecule is CC(C)CNc1ccc(NC(=O)c2ccc(F)c(F)c2)cc1. The Morgan fingerprint density at radius 1 is 1.00 bits per heavy atom. The zero-order valence-electron chi connectivity index (χ0n) is 12.5. The van der Waals surface area contributed by atoms with E-state index in [4.69, 9.17) is 0 Å². The molecular weight excluding hydrogens is 286 g/mol. The average Bonchev–Trinajstić information content (AvgIpc) is 2.49. The van der Waals surface area contributed by atoms with Crippen molar-refractivity contribution < 1.29 is 13.6 Å². The molecule has 5 heteroatoms. The maximum Gasteiger partial charge on any atom is 0.255 e. The van der Waals surface area contributed by atoms with Gasteiger partial charge in [0.05, 0.1) is 0 Å². The molecule has 0 bridgehead atoms. The molecule has 3 nitrogen and oxygen atoms in total. The van der Waals surface area contributed by atoms with E-state index in [9.17, 15) is 13.6 Å². The van der Waals surface area contributed by atoms with Gasteiger partial charge in [-0.15, -0.1) is 0 Å². The molecule has 0 aliphatic rings. The van der Waals surface area contributed by atoms with Crippen molar-refractivity contribution in [3.63, 3.8) is 0 Å². The lowest BCUT2D eigenvalue weighted by Crippen LogP contribution is -2.12. The van der Waals surface area contributed by atoms with Gasteiger partial charge < -0.3 is 10.6 Å². The molecule has 2 rings (SSSR count). The smallest absolute Gasteiger partial charge is 0.255 e. The number of carbonyl (C=O) groups is 1. The van der Waals surface area contributed by atoms with Crippen LogP contribution in [0.4, 0.5) is 20.2 Å². The molecule has 0 saturated carbocycles. The Bertz CT molecular complexity index is 654. The summed E-state index contributed by atoms with van der Waals surface area (Å²) < 4.78 is 26.0. The van der Waals surface area contributed by atoms with Gasteiger partial charge in [0.1, 0.15) is 0 Å². The van der Waals surface area contributed by atoms with Gasteiger partial charge in [-0.05, 0) is 48.4 Å². The normalized spacial score (nSPS) is 10.6. The van der Waals surface area contributed by atoms with E-state index in [1.807, 2.05) is 12.1 Å². The number of hydrogen-bond donors (Lipinski definition) is 2. The molecule has 1 amide bonds. The summed E-state index contributed by atoms with van der Waals surface area (Å²) >= 11 is 0. The quantitative estimate of drug-likeness (QED) is 0.865. The van der Waals surface area contributed by atoms with E-state index in [0.717, 1.165) is 24.4 Å². The largest absolute Gasteiger partial charge is 0.385 e. The Kier molecular flexibility index (Phi) is 5.09. The number of carbonyl (C=O) groups excluding carboxylic acids is 1. The minimum atomic E-state index is -1.04. The number of nitrogens with one attached hydrogen (secondary N) is 2. The molecule has 0 unspecified atom stereocenters. The lowest BCUT2D eigenvalue weighted by Gasteiger charge is -2.10. The molecule has 2 aromatic carbocycles. The first-order valence-electron chi connectivity index (χ1n) is 7.06. The first-order valence-corrected chi connectivity index (χ1v) is 7.06. The molecule has 2 aromatic rings. The van der Waals surface area contributed by atoms with E-state index in [1.165, 1.54) is 6.07 Å². The van der Waals surface area contributed by atoms with E-state index in [-0.39, 0.29) is 5.56 Å². The van der Waals surface area contributed by atoms with Crippen LogP contribution in [0.1, 0.15) is 24.2 Å².